The van der Waals surface area contributed by atoms with Crippen LogP contribution in [0.1, 0.15) is 102 Å². The van der Waals surface area contributed by atoms with E-state index in [0.717, 1.165) is 24.3 Å². The lowest BCUT2D eigenvalue weighted by molar-refractivity contribution is 0.0858. The van der Waals surface area contributed by atoms with Gasteiger partial charge in [0.2, 0.25) is 0 Å². The Bertz CT molecular complexity index is 960. The number of rotatable bonds is 17. The van der Waals surface area contributed by atoms with Gasteiger partial charge in [0.25, 0.3) is 0 Å². The number of Topliss-reactive ketones (excluding diaryl/α,β-unsaturated/α-hetero) is 2. The highest BCUT2D eigenvalue weighted by molar-refractivity contribution is 5.99. The van der Waals surface area contributed by atoms with Crippen LogP contribution >= 0.6 is 24.8 Å². The fourth-order valence-electron chi connectivity index (χ4n) is 4.25. The lowest BCUT2D eigenvalue weighted by atomic mass is 9.85. The van der Waals surface area contributed by atoms with Crippen LogP contribution in [0.25, 0.3) is 0 Å². The smallest absolute Gasteiger partial charge is 0.167 e. The van der Waals surface area contributed by atoms with Gasteiger partial charge >= 0.3 is 0 Å². The average Bonchev–Trinajstić information content (AvgIpc) is 2.91. The molecule has 0 aliphatic rings. The van der Waals surface area contributed by atoms with Crippen LogP contribution in [0, 0.1) is 11.8 Å². The molecule has 8 heteroatoms. The van der Waals surface area contributed by atoms with Crippen LogP contribution in [-0.4, -0.2) is 48.9 Å². The highest BCUT2D eigenvalue weighted by Gasteiger charge is 2.27. The second-order valence-electron chi connectivity index (χ2n) is 12.7. The maximum atomic E-state index is 13.7. The van der Waals surface area contributed by atoms with Crippen LogP contribution < -0.4 is 20.1 Å². The highest BCUT2D eigenvalue weighted by atomic mass is 35.5. The van der Waals surface area contributed by atoms with Crippen molar-refractivity contribution in [3.05, 3.63) is 59.7 Å². The van der Waals surface area contributed by atoms with E-state index in [0.29, 0.717) is 50.3 Å². The van der Waals surface area contributed by atoms with E-state index in [-0.39, 0.29) is 59.3 Å². The summed E-state index contributed by atoms with van der Waals surface area (Å²) in [5, 5.41) is 7.03. The molecule has 0 aromatic heterocycles. The molecule has 238 valence electrons. The normalized spacial score (nSPS) is 12.9. The van der Waals surface area contributed by atoms with E-state index in [1.54, 1.807) is 0 Å². The molecule has 0 radical (unpaired) electrons. The number of carbonyl (C=O) groups is 2. The molecule has 2 atom stereocenters. The summed E-state index contributed by atoms with van der Waals surface area (Å²) >= 11 is 0. The number of benzene rings is 2. The number of hydrogen-bond donors (Lipinski definition) is 2. The van der Waals surface area contributed by atoms with Gasteiger partial charge in [-0.15, -0.1) is 24.8 Å². The largest absolute Gasteiger partial charge is 0.494 e. The first-order valence-electron chi connectivity index (χ1n) is 14.9. The molecule has 0 amide bonds. The Morgan fingerprint density at radius 1 is 0.619 bits per heavy atom. The summed E-state index contributed by atoms with van der Waals surface area (Å²) in [5.41, 5.74) is 1.09. The maximum absolute atomic E-state index is 13.7. The Morgan fingerprint density at radius 2 is 0.929 bits per heavy atom. The van der Waals surface area contributed by atoms with E-state index in [4.69, 9.17) is 9.47 Å². The Morgan fingerprint density at radius 3 is 1.19 bits per heavy atom. The monoisotopic (exact) mass is 624 g/mol. The third-order valence-corrected chi connectivity index (χ3v) is 6.59. The molecule has 0 saturated carbocycles. The van der Waals surface area contributed by atoms with Crippen molar-refractivity contribution in [2.75, 3.05) is 26.3 Å². The zero-order chi connectivity index (χ0) is 29.8. The minimum absolute atomic E-state index is 0. The minimum Gasteiger partial charge on any atom is -0.494 e. The number of carbonyl (C=O) groups excluding carboxylic acids is 2. The van der Waals surface area contributed by atoms with E-state index in [2.05, 4.69) is 66.0 Å². The van der Waals surface area contributed by atoms with Gasteiger partial charge in [0.05, 0.1) is 13.2 Å². The van der Waals surface area contributed by atoms with Gasteiger partial charge in [0, 0.05) is 47.1 Å². The summed E-state index contributed by atoms with van der Waals surface area (Å²) in [6.07, 6.45) is 3.08. The van der Waals surface area contributed by atoms with Crippen molar-refractivity contribution in [1.29, 1.82) is 0 Å². The van der Waals surface area contributed by atoms with E-state index < -0.39 is 0 Å². The van der Waals surface area contributed by atoms with Gasteiger partial charge < -0.3 is 20.1 Å². The molecule has 6 nitrogen and oxygen atoms in total. The SMILES string of the molecule is CCCOc1ccc(C(=O)C(CCC(CNC(C)(C)C)C(=O)c2ccc(OCCC)cc2)CNC(C)(C)C)cc1.Cl.Cl. The quantitative estimate of drug-likeness (QED) is 0.174. The number of hydrogen-bond acceptors (Lipinski definition) is 6. The van der Waals surface area contributed by atoms with Gasteiger partial charge in [0.1, 0.15) is 11.5 Å². The van der Waals surface area contributed by atoms with Crippen molar-refractivity contribution < 1.29 is 19.1 Å². The Kier molecular flexibility index (Phi) is 18.2. The molecule has 0 bridgehead atoms. The van der Waals surface area contributed by atoms with Crippen molar-refractivity contribution >= 4 is 36.4 Å². The molecule has 0 aliphatic heterocycles. The predicted octanol–water partition coefficient (Wildman–Crippen LogP) is 7.96. The first-order valence-corrected chi connectivity index (χ1v) is 14.9. The first kappa shape index (κ1) is 39.9. The highest BCUT2D eigenvalue weighted by Crippen LogP contribution is 2.24. The predicted molar refractivity (Wildman–Crippen MR) is 179 cm³/mol. The van der Waals surface area contributed by atoms with Crippen molar-refractivity contribution in [3.8, 4) is 11.5 Å². The molecule has 2 rings (SSSR count). The van der Waals surface area contributed by atoms with E-state index in [1.165, 1.54) is 0 Å². The van der Waals surface area contributed by atoms with Gasteiger partial charge in [-0.05, 0) is 116 Å². The van der Waals surface area contributed by atoms with Crippen LogP contribution in [0.5, 0.6) is 11.5 Å². The Hall–Kier alpha value is -2.12. The van der Waals surface area contributed by atoms with Crippen LogP contribution in [-0.2, 0) is 0 Å². The van der Waals surface area contributed by atoms with E-state index in [9.17, 15) is 9.59 Å². The molecule has 0 heterocycles. The molecule has 0 saturated heterocycles. The molecule has 0 aliphatic carbocycles. The lowest BCUT2D eigenvalue weighted by Gasteiger charge is -2.28. The molecule has 0 spiro atoms. The van der Waals surface area contributed by atoms with E-state index in [1.807, 2.05) is 48.5 Å². The second kappa shape index (κ2) is 19.2. The van der Waals surface area contributed by atoms with Crippen LogP contribution in [0.15, 0.2) is 48.5 Å². The second-order valence-corrected chi connectivity index (χ2v) is 12.7. The Labute approximate surface area is 266 Å². The van der Waals surface area contributed by atoms with Crippen molar-refractivity contribution in [1.82, 2.24) is 10.6 Å². The third-order valence-electron chi connectivity index (χ3n) is 6.59. The number of ketones is 2. The standard InChI is InChI=1S/C34H52N2O4.2ClH/c1-9-21-39-29-17-13-25(14-18-29)31(37)27(23-35-33(3,4)5)11-12-28(24-36-34(6,7)8)32(38)26-15-19-30(20-16-26)40-22-10-2;;/h13-20,27-28,35-36H,9-12,21-24H2,1-8H3;2*1H. The van der Waals surface area contributed by atoms with Gasteiger partial charge in [-0.1, -0.05) is 13.8 Å². The minimum atomic E-state index is -0.253. The van der Waals surface area contributed by atoms with Gasteiger partial charge in [-0.25, -0.2) is 0 Å². The summed E-state index contributed by atoms with van der Waals surface area (Å²) in [7, 11) is 0. The third kappa shape index (κ3) is 14.9. The van der Waals surface area contributed by atoms with Gasteiger partial charge in [0.15, 0.2) is 11.6 Å². The van der Waals surface area contributed by atoms with Crippen LogP contribution in [0.3, 0.4) is 0 Å². The molecule has 2 N–H and O–H groups in total. The molecule has 2 aromatic carbocycles. The summed E-state index contributed by atoms with van der Waals surface area (Å²) in [6.45, 7) is 19.1. The average molecular weight is 626 g/mol. The Balaban J connectivity index is 0.00000840. The number of nitrogens with one attached hydrogen (secondary N) is 2. The summed E-state index contributed by atoms with van der Waals surface area (Å²) in [6, 6.07) is 14.9. The molecular weight excluding hydrogens is 571 g/mol. The molecule has 42 heavy (non-hydrogen) atoms. The summed E-state index contributed by atoms with van der Waals surface area (Å²) < 4.78 is 11.4. The lowest BCUT2D eigenvalue weighted by Crippen LogP contribution is -2.42. The molecule has 2 unspecified atom stereocenters. The number of halogens is 2. The van der Waals surface area contributed by atoms with Crippen LogP contribution in [0.4, 0.5) is 0 Å². The fourth-order valence-corrected chi connectivity index (χ4v) is 4.25. The van der Waals surface area contributed by atoms with Crippen molar-refractivity contribution in [3.63, 3.8) is 0 Å². The zero-order valence-corrected chi connectivity index (χ0v) is 28.5. The summed E-state index contributed by atoms with van der Waals surface area (Å²) in [4.78, 5) is 27.4. The molecule has 2 aromatic rings. The first-order chi connectivity index (χ1) is 18.8. The summed E-state index contributed by atoms with van der Waals surface area (Å²) in [5.74, 6) is 1.21. The van der Waals surface area contributed by atoms with Crippen molar-refractivity contribution in [2.45, 2.75) is 92.2 Å². The molecular formula is C34H54Cl2N2O4. The fraction of sp³-hybridized carbons (Fsp3) is 0.588. The van der Waals surface area contributed by atoms with Gasteiger partial charge in [-0.2, -0.15) is 0 Å². The maximum Gasteiger partial charge on any atom is 0.167 e. The molecule has 0 fully saturated rings. The number of ether oxygens (including phenoxy) is 2. The van der Waals surface area contributed by atoms with Crippen molar-refractivity contribution in [2.24, 2.45) is 11.8 Å². The van der Waals surface area contributed by atoms with E-state index >= 15 is 0 Å². The zero-order valence-electron chi connectivity index (χ0n) is 26.9. The van der Waals surface area contributed by atoms with Gasteiger partial charge in [-0.3, -0.25) is 9.59 Å². The van der Waals surface area contributed by atoms with Crippen LogP contribution in [0.2, 0.25) is 0 Å². The topological polar surface area (TPSA) is 76.7 Å².